The first-order valence-electron chi connectivity index (χ1n) is 5.18. The zero-order valence-corrected chi connectivity index (χ0v) is 11.2. The van der Waals surface area contributed by atoms with Crippen LogP contribution >= 0.6 is 23.2 Å². The SMILES string of the molecule is CC(=O)NCC(O)C(O)c1cc(Cl)cc(Cl)c1N. The maximum absolute atomic E-state index is 10.7. The Labute approximate surface area is 115 Å². The monoisotopic (exact) mass is 292 g/mol. The predicted octanol–water partition coefficient (Wildman–Crippen LogP) is 1.11. The van der Waals surface area contributed by atoms with Crippen LogP contribution in [0.2, 0.25) is 10.0 Å². The Bertz CT molecular complexity index is 454. The Morgan fingerprint density at radius 2 is 2.06 bits per heavy atom. The molecule has 0 radical (unpaired) electrons. The van der Waals surface area contributed by atoms with Crippen molar-refractivity contribution in [3.63, 3.8) is 0 Å². The summed E-state index contributed by atoms with van der Waals surface area (Å²) in [5.41, 5.74) is 6.07. The number of carbonyl (C=O) groups excluding carboxylic acids is 1. The van der Waals surface area contributed by atoms with E-state index in [-0.39, 0.29) is 28.7 Å². The van der Waals surface area contributed by atoms with Gasteiger partial charge in [-0.2, -0.15) is 0 Å². The highest BCUT2D eigenvalue weighted by Crippen LogP contribution is 2.32. The van der Waals surface area contributed by atoms with Gasteiger partial charge in [0.05, 0.1) is 10.7 Å². The Balaban J connectivity index is 2.89. The normalized spacial score (nSPS) is 14.1. The number of anilines is 1. The van der Waals surface area contributed by atoms with Crippen LogP contribution in [0.5, 0.6) is 0 Å². The molecule has 2 atom stereocenters. The van der Waals surface area contributed by atoms with E-state index >= 15 is 0 Å². The molecule has 0 bridgehead atoms. The van der Waals surface area contributed by atoms with Crippen LogP contribution in [-0.4, -0.2) is 28.8 Å². The minimum Gasteiger partial charge on any atom is -0.397 e. The average molecular weight is 293 g/mol. The molecule has 7 heteroatoms. The third-order valence-corrected chi connectivity index (χ3v) is 2.90. The molecule has 0 aromatic heterocycles. The van der Waals surface area contributed by atoms with Gasteiger partial charge >= 0.3 is 0 Å². The van der Waals surface area contributed by atoms with Gasteiger partial charge in [0.2, 0.25) is 5.91 Å². The van der Waals surface area contributed by atoms with Gasteiger partial charge in [-0.05, 0) is 12.1 Å². The van der Waals surface area contributed by atoms with Crippen LogP contribution in [0.1, 0.15) is 18.6 Å². The summed E-state index contributed by atoms with van der Waals surface area (Å²) < 4.78 is 0. The van der Waals surface area contributed by atoms with Gasteiger partial charge in [-0.25, -0.2) is 0 Å². The maximum Gasteiger partial charge on any atom is 0.216 e. The zero-order chi connectivity index (χ0) is 13.9. The minimum absolute atomic E-state index is 0.0972. The number of halogens is 2. The molecule has 5 N–H and O–H groups in total. The van der Waals surface area contributed by atoms with Crippen molar-refractivity contribution in [2.24, 2.45) is 0 Å². The number of nitrogens with one attached hydrogen (secondary N) is 1. The van der Waals surface area contributed by atoms with Gasteiger partial charge in [0.25, 0.3) is 0 Å². The Morgan fingerprint density at radius 1 is 1.44 bits per heavy atom. The average Bonchev–Trinajstić information content (AvgIpc) is 2.29. The highest BCUT2D eigenvalue weighted by molar-refractivity contribution is 6.36. The van der Waals surface area contributed by atoms with Crippen molar-refractivity contribution in [2.45, 2.75) is 19.1 Å². The van der Waals surface area contributed by atoms with E-state index in [0.29, 0.717) is 5.02 Å². The molecule has 100 valence electrons. The van der Waals surface area contributed by atoms with Gasteiger partial charge in [-0.15, -0.1) is 0 Å². The summed E-state index contributed by atoms with van der Waals surface area (Å²) in [6, 6.07) is 2.86. The lowest BCUT2D eigenvalue weighted by molar-refractivity contribution is -0.119. The molecule has 1 amide bonds. The van der Waals surface area contributed by atoms with Crippen LogP contribution in [-0.2, 0) is 4.79 Å². The second-order valence-electron chi connectivity index (χ2n) is 3.84. The van der Waals surface area contributed by atoms with Gasteiger partial charge in [-0.1, -0.05) is 23.2 Å². The lowest BCUT2D eigenvalue weighted by Gasteiger charge is -2.20. The van der Waals surface area contributed by atoms with E-state index in [1.807, 2.05) is 0 Å². The molecular formula is C11H14Cl2N2O3. The van der Waals surface area contributed by atoms with E-state index in [9.17, 15) is 15.0 Å². The topological polar surface area (TPSA) is 95.6 Å². The van der Waals surface area contributed by atoms with Gasteiger partial charge < -0.3 is 21.3 Å². The number of hydrogen-bond acceptors (Lipinski definition) is 4. The van der Waals surface area contributed by atoms with E-state index in [1.54, 1.807) is 0 Å². The summed E-state index contributed by atoms with van der Waals surface area (Å²) in [6.07, 6.45) is -2.49. The molecule has 1 aromatic rings. The molecule has 0 saturated heterocycles. The quantitative estimate of drug-likeness (QED) is 0.625. The third kappa shape index (κ3) is 3.74. The van der Waals surface area contributed by atoms with Gasteiger partial charge in [0.1, 0.15) is 12.2 Å². The van der Waals surface area contributed by atoms with Gasteiger partial charge in [0, 0.05) is 24.1 Å². The summed E-state index contributed by atoms with van der Waals surface area (Å²) in [7, 11) is 0. The lowest BCUT2D eigenvalue weighted by Crippen LogP contribution is -2.34. The highest BCUT2D eigenvalue weighted by Gasteiger charge is 2.22. The van der Waals surface area contributed by atoms with Crippen LogP contribution < -0.4 is 11.1 Å². The number of nitrogen functional groups attached to an aromatic ring is 1. The van der Waals surface area contributed by atoms with E-state index < -0.39 is 12.2 Å². The summed E-state index contributed by atoms with van der Waals surface area (Å²) in [5, 5.41) is 22.5. The molecule has 5 nitrogen and oxygen atoms in total. The van der Waals surface area contributed by atoms with Crippen molar-refractivity contribution in [1.82, 2.24) is 5.32 Å². The molecule has 0 fully saturated rings. The first-order valence-corrected chi connectivity index (χ1v) is 5.93. The van der Waals surface area contributed by atoms with Crippen molar-refractivity contribution in [3.05, 3.63) is 27.7 Å². The summed E-state index contributed by atoms with van der Waals surface area (Å²) in [6.45, 7) is 1.21. The number of carbonyl (C=O) groups is 1. The maximum atomic E-state index is 10.7. The zero-order valence-electron chi connectivity index (χ0n) is 9.65. The van der Waals surface area contributed by atoms with Crippen molar-refractivity contribution in [1.29, 1.82) is 0 Å². The fourth-order valence-corrected chi connectivity index (χ4v) is 1.93. The van der Waals surface area contributed by atoms with E-state index in [0.717, 1.165) is 0 Å². The van der Waals surface area contributed by atoms with Crippen LogP contribution in [0.25, 0.3) is 0 Å². The predicted molar refractivity (Wildman–Crippen MR) is 70.5 cm³/mol. The smallest absolute Gasteiger partial charge is 0.216 e. The summed E-state index contributed by atoms with van der Waals surface area (Å²) in [4.78, 5) is 10.7. The number of aliphatic hydroxyl groups excluding tert-OH is 2. The molecule has 0 heterocycles. The number of hydrogen-bond donors (Lipinski definition) is 4. The van der Waals surface area contributed by atoms with Crippen LogP contribution in [0.4, 0.5) is 5.69 Å². The van der Waals surface area contributed by atoms with Crippen molar-refractivity contribution in [2.75, 3.05) is 12.3 Å². The largest absolute Gasteiger partial charge is 0.397 e. The van der Waals surface area contributed by atoms with E-state index in [1.165, 1.54) is 19.1 Å². The molecule has 0 aliphatic rings. The van der Waals surface area contributed by atoms with Crippen LogP contribution in [0.15, 0.2) is 12.1 Å². The number of amides is 1. The Hall–Kier alpha value is -1.01. The molecule has 2 unspecified atom stereocenters. The number of aliphatic hydroxyl groups is 2. The standard InChI is InChI=1S/C11H14Cl2N2O3/c1-5(16)15-4-9(17)11(18)7-2-6(12)3-8(13)10(7)14/h2-3,9,11,17-18H,4,14H2,1H3,(H,15,16). The second kappa shape index (κ2) is 6.24. The molecule has 1 rings (SSSR count). The Morgan fingerprint density at radius 3 is 2.61 bits per heavy atom. The molecule has 0 saturated carbocycles. The first kappa shape index (κ1) is 15.0. The second-order valence-corrected chi connectivity index (χ2v) is 4.68. The molecule has 18 heavy (non-hydrogen) atoms. The van der Waals surface area contributed by atoms with Crippen molar-refractivity contribution < 1.29 is 15.0 Å². The third-order valence-electron chi connectivity index (χ3n) is 2.37. The van der Waals surface area contributed by atoms with Crippen LogP contribution in [0.3, 0.4) is 0 Å². The highest BCUT2D eigenvalue weighted by atomic mass is 35.5. The summed E-state index contributed by atoms with van der Waals surface area (Å²) >= 11 is 11.6. The molecular weight excluding hydrogens is 279 g/mol. The number of benzene rings is 1. The fourth-order valence-electron chi connectivity index (χ4n) is 1.42. The van der Waals surface area contributed by atoms with Crippen LogP contribution in [0, 0.1) is 0 Å². The van der Waals surface area contributed by atoms with Gasteiger partial charge in [-0.3, -0.25) is 4.79 Å². The molecule has 0 aliphatic heterocycles. The lowest BCUT2D eigenvalue weighted by atomic mass is 10.0. The Kier molecular flexibility index (Phi) is 5.22. The molecule has 1 aromatic carbocycles. The number of nitrogens with two attached hydrogens (primary N) is 1. The van der Waals surface area contributed by atoms with Gasteiger partial charge in [0.15, 0.2) is 0 Å². The van der Waals surface area contributed by atoms with Crippen molar-refractivity contribution in [3.8, 4) is 0 Å². The molecule has 0 spiro atoms. The van der Waals surface area contributed by atoms with E-state index in [2.05, 4.69) is 5.32 Å². The van der Waals surface area contributed by atoms with E-state index in [4.69, 9.17) is 28.9 Å². The first-order chi connectivity index (χ1) is 8.32. The number of rotatable bonds is 4. The molecule has 0 aliphatic carbocycles. The fraction of sp³-hybridized carbons (Fsp3) is 0.364. The minimum atomic E-state index is -1.28. The summed E-state index contributed by atoms with van der Waals surface area (Å²) in [5.74, 6) is -0.307. The van der Waals surface area contributed by atoms with Crippen molar-refractivity contribution >= 4 is 34.8 Å².